The van der Waals surface area contributed by atoms with Crippen molar-refractivity contribution in [1.82, 2.24) is 5.32 Å². The van der Waals surface area contributed by atoms with Gasteiger partial charge in [-0.15, -0.1) is 0 Å². The van der Waals surface area contributed by atoms with Crippen LogP contribution in [-0.4, -0.2) is 61.5 Å². The summed E-state index contributed by atoms with van der Waals surface area (Å²) in [5.74, 6) is -1.06. The van der Waals surface area contributed by atoms with Crippen LogP contribution in [0, 0.1) is 5.41 Å². The zero-order valence-electron chi connectivity index (χ0n) is 17.7. The minimum atomic E-state index is -1.01. The molecule has 4 rings (SSSR count). The van der Waals surface area contributed by atoms with Gasteiger partial charge in [-0.2, -0.15) is 0 Å². The molecule has 158 valence electrons. The van der Waals surface area contributed by atoms with Crippen LogP contribution >= 0.6 is 0 Å². The Bertz CT molecular complexity index is 931. The van der Waals surface area contributed by atoms with E-state index < -0.39 is 23.5 Å². The third-order valence-corrected chi connectivity index (χ3v) is 6.66. The molecule has 6 heteroatoms. The molecule has 2 aromatic carbocycles. The number of fused-ring (bicyclic) bond motifs is 3. The maximum Gasteiger partial charge on any atom is 0.407 e. The molecule has 1 saturated heterocycles. The predicted molar refractivity (Wildman–Crippen MR) is 114 cm³/mol. The molecule has 0 spiro atoms. The number of hydrogen-bond donors (Lipinski definition) is 2. The van der Waals surface area contributed by atoms with Crippen LogP contribution in [0.15, 0.2) is 48.5 Å². The van der Waals surface area contributed by atoms with Gasteiger partial charge in [-0.3, -0.25) is 0 Å². The molecule has 2 aliphatic rings. The number of likely N-dealkylation sites (tertiary alicyclic amines) is 1. The minimum absolute atomic E-state index is 0.0501. The zero-order valence-corrected chi connectivity index (χ0v) is 17.7. The van der Waals surface area contributed by atoms with Crippen molar-refractivity contribution in [2.45, 2.75) is 25.3 Å². The summed E-state index contributed by atoms with van der Waals surface area (Å²) in [6, 6.07) is 15.3. The van der Waals surface area contributed by atoms with Crippen LogP contribution in [0.3, 0.4) is 0 Å². The lowest BCUT2D eigenvalue weighted by molar-refractivity contribution is -0.950. The number of amides is 1. The van der Waals surface area contributed by atoms with E-state index in [0.29, 0.717) is 19.5 Å². The number of rotatable bonds is 6. The summed E-state index contributed by atoms with van der Waals surface area (Å²) in [4.78, 5) is 24.6. The van der Waals surface area contributed by atoms with E-state index in [4.69, 9.17) is 4.74 Å². The van der Waals surface area contributed by atoms with E-state index in [2.05, 4.69) is 43.7 Å². The van der Waals surface area contributed by atoms with Crippen molar-refractivity contribution in [1.29, 1.82) is 0 Å². The Balaban J connectivity index is 1.47. The van der Waals surface area contributed by atoms with Gasteiger partial charge < -0.3 is 19.6 Å². The summed E-state index contributed by atoms with van der Waals surface area (Å²) in [5.41, 5.74) is 4.13. The summed E-state index contributed by atoms with van der Waals surface area (Å²) in [6.07, 6.45) is 0.0178. The van der Waals surface area contributed by atoms with E-state index in [1.165, 1.54) is 0 Å². The summed E-state index contributed by atoms with van der Waals surface area (Å²) < 4.78 is 6.32. The zero-order chi connectivity index (χ0) is 21.5. The summed E-state index contributed by atoms with van der Waals surface area (Å²) in [6.45, 7) is 3.58. The molecule has 1 atom stereocenters. The number of alkyl carbamates (subject to hydrolysis) is 1. The highest BCUT2D eigenvalue weighted by Gasteiger charge is 2.58. The number of hydrogen-bond acceptors (Lipinski definition) is 3. The van der Waals surface area contributed by atoms with E-state index in [1.54, 1.807) is 0 Å². The SMILES string of the molecule is CCC1([C@H](NC(=O)OCC2c3ccccc3-c3ccccc32)C(=O)O)C[N+](C)(C)C1. The van der Waals surface area contributed by atoms with Gasteiger partial charge >= 0.3 is 12.1 Å². The summed E-state index contributed by atoms with van der Waals surface area (Å²) in [7, 11) is 4.14. The molecule has 1 aliphatic carbocycles. The Labute approximate surface area is 177 Å². The molecule has 1 heterocycles. The number of ether oxygens (including phenoxy) is 1. The standard InChI is InChI=1S/C24H28N2O4/c1-4-24(14-26(2,3)15-24)21(22(27)28)25-23(29)30-13-20-18-11-7-5-9-16(18)17-10-6-8-12-19(17)20/h5-12,20-21H,4,13-15H2,1-3H3,(H-,25,27,28,29)/p+1/t21-/m1/s1. The molecule has 6 nitrogen and oxygen atoms in total. The lowest BCUT2D eigenvalue weighted by atomic mass is 9.70. The average Bonchev–Trinajstić information content (AvgIpc) is 3.02. The van der Waals surface area contributed by atoms with Gasteiger partial charge in [0.15, 0.2) is 0 Å². The van der Waals surface area contributed by atoms with Crippen molar-refractivity contribution in [3.63, 3.8) is 0 Å². The Hall–Kier alpha value is -2.86. The first kappa shape index (κ1) is 20.4. The smallest absolute Gasteiger partial charge is 0.407 e. The van der Waals surface area contributed by atoms with Crippen LogP contribution in [0.1, 0.15) is 30.4 Å². The van der Waals surface area contributed by atoms with Gasteiger partial charge in [0.25, 0.3) is 0 Å². The number of carbonyl (C=O) groups is 2. The largest absolute Gasteiger partial charge is 0.480 e. The molecule has 0 bridgehead atoms. The van der Waals surface area contributed by atoms with Crippen LogP contribution in [0.4, 0.5) is 4.79 Å². The average molecular weight is 410 g/mol. The topological polar surface area (TPSA) is 75.6 Å². The first-order chi connectivity index (χ1) is 14.3. The molecule has 0 saturated carbocycles. The fourth-order valence-electron chi connectivity index (χ4n) is 5.50. The van der Waals surface area contributed by atoms with Gasteiger partial charge in [-0.25, -0.2) is 9.59 Å². The van der Waals surface area contributed by atoms with Crippen molar-refractivity contribution in [2.24, 2.45) is 5.41 Å². The maximum absolute atomic E-state index is 12.6. The number of aliphatic carboxylic acids is 1. The molecule has 2 aromatic rings. The highest BCUT2D eigenvalue weighted by atomic mass is 16.5. The van der Waals surface area contributed by atoms with E-state index in [1.807, 2.05) is 31.2 Å². The molecular weight excluding hydrogens is 380 g/mol. The molecule has 0 radical (unpaired) electrons. The third kappa shape index (κ3) is 3.45. The first-order valence-corrected chi connectivity index (χ1v) is 10.4. The molecule has 1 aliphatic heterocycles. The van der Waals surface area contributed by atoms with Crippen LogP contribution in [-0.2, 0) is 9.53 Å². The highest BCUT2D eigenvalue weighted by Crippen LogP contribution is 2.44. The Morgan fingerprint density at radius 2 is 1.63 bits per heavy atom. The highest BCUT2D eigenvalue weighted by molar-refractivity contribution is 5.82. The predicted octanol–water partition coefficient (Wildman–Crippen LogP) is 3.46. The summed E-state index contributed by atoms with van der Waals surface area (Å²) >= 11 is 0. The van der Waals surface area contributed by atoms with Crippen LogP contribution < -0.4 is 5.32 Å². The maximum atomic E-state index is 12.6. The molecule has 0 aromatic heterocycles. The number of carbonyl (C=O) groups excluding carboxylic acids is 1. The first-order valence-electron chi connectivity index (χ1n) is 10.4. The lowest BCUT2D eigenvalue weighted by Crippen LogP contribution is -2.73. The number of nitrogens with zero attached hydrogens (tertiary/aromatic N) is 1. The quantitative estimate of drug-likeness (QED) is 0.717. The van der Waals surface area contributed by atoms with Crippen LogP contribution in [0.5, 0.6) is 0 Å². The molecule has 30 heavy (non-hydrogen) atoms. The second kappa shape index (κ2) is 7.43. The molecule has 1 amide bonds. The molecule has 1 fully saturated rings. The molecule has 2 N–H and O–H groups in total. The van der Waals surface area contributed by atoms with Gasteiger partial charge in [0.05, 0.1) is 32.6 Å². The van der Waals surface area contributed by atoms with Crippen LogP contribution in [0.25, 0.3) is 11.1 Å². The monoisotopic (exact) mass is 409 g/mol. The van der Waals surface area contributed by atoms with Gasteiger partial charge in [0.2, 0.25) is 0 Å². The van der Waals surface area contributed by atoms with E-state index in [9.17, 15) is 14.7 Å². The summed E-state index contributed by atoms with van der Waals surface area (Å²) in [5, 5.41) is 12.4. The van der Waals surface area contributed by atoms with Crippen molar-refractivity contribution in [3.8, 4) is 11.1 Å². The van der Waals surface area contributed by atoms with Gasteiger partial charge in [-0.1, -0.05) is 55.5 Å². The third-order valence-electron chi connectivity index (χ3n) is 6.66. The number of nitrogens with one attached hydrogen (secondary N) is 1. The Kier molecular flexibility index (Phi) is 5.06. The molecule has 0 unspecified atom stereocenters. The van der Waals surface area contributed by atoms with Gasteiger partial charge in [0, 0.05) is 5.92 Å². The van der Waals surface area contributed by atoms with E-state index >= 15 is 0 Å². The second-order valence-electron chi connectivity index (χ2n) is 9.21. The minimum Gasteiger partial charge on any atom is -0.480 e. The fraction of sp³-hybridized carbons (Fsp3) is 0.417. The number of carboxylic acids is 1. The van der Waals surface area contributed by atoms with Crippen molar-refractivity contribution in [3.05, 3.63) is 59.7 Å². The Morgan fingerprint density at radius 1 is 1.10 bits per heavy atom. The fourth-order valence-corrected chi connectivity index (χ4v) is 5.50. The van der Waals surface area contributed by atoms with Crippen molar-refractivity contribution >= 4 is 12.1 Å². The molecular formula is C24H29N2O4+. The second-order valence-corrected chi connectivity index (χ2v) is 9.21. The van der Waals surface area contributed by atoms with E-state index in [0.717, 1.165) is 26.7 Å². The van der Waals surface area contributed by atoms with Crippen molar-refractivity contribution in [2.75, 3.05) is 33.8 Å². The van der Waals surface area contributed by atoms with Gasteiger partial charge in [0.1, 0.15) is 12.6 Å². The number of quaternary nitrogens is 1. The Morgan fingerprint density at radius 3 is 2.10 bits per heavy atom. The number of benzene rings is 2. The van der Waals surface area contributed by atoms with E-state index in [-0.39, 0.29) is 12.5 Å². The lowest BCUT2D eigenvalue weighted by Gasteiger charge is -2.55. The van der Waals surface area contributed by atoms with Crippen LogP contribution in [0.2, 0.25) is 0 Å². The number of carboxylic acid groups (broad SMARTS) is 1. The normalized spacial score (nSPS) is 19.2. The van der Waals surface area contributed by atoms with Gasteiger partial charge in [-0.05, 0) is 28.7 Å². The van der Waals surface area contributed by atoms with Crippen molar-refractivity contribution < 1.29 is 23.9 Å².